The quantitative estimate of drug-likeness (QED) is 0.219. The number of carbonyl (C=O) groups is 3. The van der Waals surface area contributed by atoms with Crippen LogP contribution in [0.15, 0.2) is 0 Å². The van der Waals surface area contributed by atoms with Gasteiger partial charge >= 0.3 is 5.97 Å². The normalized spacial score (nSPS) is 11.6. The molecule has 0 saturated heterocycles. The maximum atomic E-state index is 11.6. The third kappa shape index (κ3) is 8.51. The zero-order chi connectivity index (χ0) is 13.8. The van der Waals surface area contributed by atoms with Gasteiger partial charge < -0.3 is 21.1 Å². The number of hydrogen-bond acceptors (Lipinski definition) is 4. The molecule has 0 aliphatic carbocycles. The van der Waals surface area contributed by atoms with E-state index >= 15 is 0 Å². The maximum absolute atomic E-state index is 11.6. The van der Waals surface area contributed by atoms with Gasteiger partial charge in [0.2, 0.25) is 12.3 Å². The number of likely N-dealkylation sites (N-methyl/N-ethyl adjacent to an activating group) is 1. The number of aliphatic carboxylic acids is 1. The van der Waals surface area contributed by atoms with Crippen molar-refractivity contribution in [3.8, 4) is 0 Å². The summed E-state index contributed by atoms with van der Waals surface area (Å²) in [7, 11) is 1.69. The zero-order valence-electron chi connectivity index (χ0n) is 10.6. The lowest BCUT2D eigenvalue weighted by molar-refractivity contribution is -0.137. The van der Waals surface area contributed by atoms with E-state index in [0.29, 0.717) is 19.4 Å². The Kier molecular flexibility index (Phi) is 9.57. The standard InChI is InChI=1S/C11H21N3O4/c1-12-9(4-2-3-6-13-8-15)11(18)14-7-5-10(16)17/h8-9,12H,2-7H2,1H3,(H,13,15)(H,14,18)(H,16,17)/i1+1,8+1. The molecule has 4 N–H and O–H groups in total. The van der Waals surface area contributed by atoms with E-state index in [1.165, 1.54) is 0 Å². The fourth-order valence-electron chi connectivity index (χ4n) is 1.46. The van der Waals surface area contributed by atoms with Crippen molar-refractivity contribution in [2.45, 2.75) is 31.7 Å². The Balaban J connectivity index is 3.74. The fourth-order valence-corrected chi connectivity index (χ4v) is 1.46. The van der Waals surface area contributed by atoms with E-state index in [2.05, 4.69) is 16.0 Å². The van der Waals surface area contributed by atoms with Crippen LogP contribution in [0.4, 0.5) is 0 Å². The third-order valence-electron chi connectivity index (χ3n) is 2.45. The minimum absolute atomic E-state index is 0.0779. The maximum Gasteiger partial charge on any atom is 0.305 e. The minimum atomic E-state index is -0.934. The zero-order valence-corrected chi connectivity index (χ0v) is 10.6. The summed E-state index contributed by atoms with van der Waals surface area (Å²) in [6.07, 6.45) is 2.83. The highest BCUT2D eigenvalue weighted by atomic mass is 16.4. The van der Waals surface area contributed by atoms with Gasteiger partial charge in [0.05, 0.1) is 12.5 Å². The lowest BCUT2D eigenvalue weighted by Crippen LogP contribution is -2.43. The van der Waals surface area contributed by atoms with Gasteiger partial charge in [-0.05, 0) is 26.3 Å². The first-order valence-corrected chi connectivity index (χ1v) is 5.95. The van der Waals surface area contributed by atoms with Crippen molar-refractivity contribution in [3.05, 3.63) is 0 Å². The Morgan fingerprint density at radius 2 is 2.00 bits per heavy atom. The number of nitrogens with one attached hydrogen (secondary N) is 3. The molecule has 18 heavy (non-hydrogen) atoms. The average molecular weight is 261 g/mol. The van der Waals surface area contributed by atoms with Crippen LogP contribution in [0.2, 0.25) is 0 Å². The molecule has 0 spiro atoms. The summed E-state index contributed by atoms with van der Waals surface area (Å²) in [5, 5.41) is 16.4. The monoisotopic (exact) mass is 261 g/mol. The van der Waals surface area contributed by atoms with E-state index in [1.54, 1.807) is 7.05 Å². The summed E-state index contributed by atoms with van der Waals surface area (Å²) < 4.78 is 0. The van der Waals surface area contributed by atoms with Gasteiger partial charge in [-0.25, -0.2) is 0 Å². The van der Waals surface area contributed by atoms with Gasteiger partial charge in [0.15, 0.2) is 0 Å². The Morgan fingerprint density at radius 3 is 2.56 bits per heavy atom. The molecule has 0 fully saturated rings. The molecule has 0 radical (unpaired) electrons. The minimum Gasteiger partial charge on any atom is -0.481 e. The third-order valence-corrected chi connectivity index (χ3v) is 2.45. The molecule has 0 aromatic heterocycles. The van der Waals surface area contributed by atoms with E-state index < -0.39 is 5.97 Å². The van der Waals surface area contributed by atoms with Crippen LogP contribution >= 0.6 is 0 Å². The Hall–Kier alpha value is -1.63. The van der Waals surface area contributed by atoms with Crippen molar-refractivity contribution in [1.82, 2.24) is 16.0 Å². The van der Waals surface area contributed by atoms with Gasteiger partial charge in [0.1, 0.15) is 0 Å². The fraction of sp³-hybridized carbons (Fsp3) is 0.727. The highest BCUT2D eigenvalue weighted by Crippen LogP contribution is 2.00. The van der Waals surface area contributed by atoms with E-state index in [-0.39, 0.29) is 24.9 Å². The molecule has 0 aromatic rings. The van der Waals surface area contributed by atoms with E-state index in [1.807, 2.05) is 0 Å². The van der Waals surface area contributed by atoms with Crippen LogP contribution in [0.1, 0.15) is 25.7 Å². The molecule has 0 aliphatic heterocycles. The number of carbonyl (C=O) groups excluding carboxylic acids is 2. The van der Waals surface area contributed by atoms with Crippen LogP contribution in [0.25, 0.3) is 0 Å². The summed E-state index contributed by atoms with van der Waals surface area (Å²) in [5.74, 6) is -1.13. The molecule has 104 valence electrons. The van der Waals surface area contributed by atoms with Crippen molar-refractivity contribution >= 4 is 18.3 Å². The molecule has 1 atom stereocenters. The first kappa shape index (κ1) is 16.4. The molecular weight excluding hydrogens is 240 g/mol. The van der Waals surface area contributed by atoms with Crippen molar-refractivity contribution in [2.24, 2.45) is 0 Å². The summed E-state index contributed by atoms with van der Waals surface area (Å²) in [6.45, 7) is 0.736. The van der Waals surface area contributed by atoms with Gasteiger partial charge in [-0.3, -0.25) is 14.4 Å². The topological polar surface area (TPSA) is 108 Å². The second kappa shape index (κ2) is 10.5. The highest BCUT2D eigenvalue weighted by molar-refractivity contribution is 5.82. The molecule has 2 amide bonds. The van der Waals surface area contributed by atoms with Crippen molar-refractivity contribution in [3.63, 3.8) is 0 Å². The van der Waals surface area contributed by atoms with Gasteiger partial charge in [-0.1, -0.05) is 0 Å². The Morgan fingerprint density at radius 1 is 1.28 bits per heavy atom. The van der Waals surface area contributed by atoms with Crippen molar-refractivity contribution < 1.29 is 19.5 Å². The second-order valence-electron chi connectivity index (χ2n) is 3.84. The molecule has 0 heterocycles. The largest absolute Gasteiger partial charge is 0.481 e. The summed E-state index contributed by atoms with van der Waals surface area (Å²) in [5.41, 5.74) is 0. The lowest BCUT2D eigenvalue weighted by atomic mass is 10.1. The molecular formula is C11H21N3O4. The lowest BCUT2D eigenvalue weighted by Gasteiger charge is -2.15. The number of carboxylic acids is 1. The van der Waals surface area contributed by atoms with Crippen LogP contribution in [-0.4, -0.2) is 49.6 Å². The van der Waals surface area contributed by atoms with E-state index in [4.69, 9.17) is 5.11 Å². The molecule has 1 unspecified atom stereocenters. The molecule has 7 nitrogen and oxygen atoms in total. The van der Waals surface area contributed by atoms with Crippen LogP contribution in [0.3, 0.4) is 0 Å². The summed E-state index contributed by atoms with van der Waals surface area (Å²) >= 11 is 0. The Labute approximate surface area is 106 Å². The molecule has 0 rings (SSSR count). The number of rotatable bonds is 11. The highest BCUT2D eigenvalue weighted by Gasteiger charge is 2.15. The predicted octanol–water partition coefficient (Wildman–Crippen LogP) is -0.918. The van der Waals surface area contributed by atoms with Crippen LogP contribution in [-0.2, 0) is 14.4 Å². The molecule has 7 heteroatoms. The number of carboxylic acid groups (broad SMARTS) is 1. The Bertz CT molecular complexity index is 271. The predicted molar refractivity (Wildman–Crippen MR) is 66.0 cm³/mol. The van der Waals surface area contributed by atoms with Gasteiger partial charge in [0, 0.05) is 13.1 Å². The van der Waals surface area contributed by atoms with Crippen LogP contribution in [0, 0.1) is 0 Å². The van der Waals surface area contributed by atoms with Gasteiger partial charge in [-0.15, -0.1) is 0 Å². The van der Waals surface area contributed by atoms with Crippen molar-refractivity contribution in [1.29, 1.82) is 0 Å². The number of hydrogen-bond donors (Lipinski definition) is 4. The molecule has 0 aromatic carbocycles. The van der Waals surface area contributed by atoms with E-state index in [9.17, 15) is 14.4 Å². The molecule has 0 saturated carbocycles. The smallest absolute Gasteiger partial charge is 0.305 e. The van der Waals surface area contributed by atoms with Crippen LogP contribution in [0.5, 0.6) is 0 Å². The summed E-state index contributed by atoms with van der Waals surface area (Å²) in [4.78, 5) is 31.9. The van der Waals surface area contributed by atoms with Gasteiger partial charge in [0.25, 0.3) is 0 Å². The van der Waals surface area contributed by atoms with Crippen LogP contribution < -0.4 is 16.0 Å². The van der Waals surface area contributed by atoms with Gasteiger partial charge in [-0.2, -0.15) is 0 Å². The molecule has 0 bridgehead atoms. The van der Waals surface area contributed by atoms with Crippen molar-refractivity contribution in [2.75, 3.05) is 20.1 Å². The SMILES string of the molecule is [13CH3]NC(CCCCN[13CH]=O)C(=O)NCCC(=O)O. The second-order valence-corrected chi connectivity index (χ2v) is 3.84. The number of unbranched alkanes of at least 4 members (excludes halogenated alkanes) is 1. The number of amides is 2. The average Bonchev–Trinajstić information content (AvgIpc) is 2.33. The first-order valence-electron chi connectivity index (χ1n) is 5.95. The molecule has 0 aliphatic rings. The van der Waals surface area contributed by atoms with E-state index in [0.717, 1.165) is 12.8 Å². The first-order chi connectivity index (χ1) is 8.61. The summed E-state index contributed by atoms with van der Waals surface area (Å²) in [6, 6.07) is -0.324.